The fraction of sp³-hybridized carbons (Fsp3) is 0.500. The average molecular weight is 319 g/mol. The van der Waals surface area contributed by atoms with Gasteiger partial charge in [0.05, 0.1) is 12.7 Å². The van der Waals surface area contributed by atoms with Crippen LogP contribution < -0.4 is 15.8 Å². The van der Waals surface area contributed by atoms with Crippen LogP contribution in [0.2, 0.25) is 0 Å². The van der Waals surface area contributed by atoms with E-state index in [1.807, 2.05) is 0 Å². The van der Waals surface area contributed by atoms with E-state index < -0.39 is 11.9 Å². The van der Waals surface area contributed by atoms with E-state index in [0.29, 0.717) is 25.3 Å². The van der Waals surface area contributed by atoms with Crippen LogP contribution in [0.3, 0.4) is 0 Å². The van der Waals surface area contributed by atoms with Crippen LogP contribution in [0.5, 0.6) is 5.75 Å². The lowest BCUT2D eigenvalue weighted by Crippen LogP contribution is -2.29. The summed E-state index contributed by atoms with van der Waals surface area (Å²) >= 11 is 0. The standard InChI is InChI=1S/C14H19FN2O3.ClH/c1-2-19-12-5-3-9(7-11(12)15)17-14(18)13-6-4-10(8-16)20-13;/h3,5,7,10,13H,2,4,6,8,16H2,1H3,(H,17,18);1H/t10-,13+;/m1./s1. The largest absolute Gasteiger partial charge is 0.491 e. The maximum atomic E-state index is 13.7. The van der Waals surface area contributed by atoms with E-state index in [4.69, 9.17) is 15.2 Å². The molecule has 1 aliphatic heterocycles. The quantitative estimate of drug-likeness (QED) is 0.872. The van der Waals surface area contributed by atoms with E-state index in [2.05, 4.69) is 5.32 Å². The molecule has 0 unspecified atom stereocenters. The first-order valence-electron chi connectivity index (χ1n) is 6.72. The van der Waals surface area contributed by atoms with Gasteiger partial charge >= 0.3 is 0 Å². The summed E-state index contributed by atoms with van der Waals surface area (Å²) in [6.07, 6.45) is 0.820. The van der Waals surface area contributed by atoms with E-state index in [9.17, 15) is 9.18 Å². The van der Waals surface area contributed by atoms with Gasteiger partial charge in [0.1, 0.15) is 6.10 Å². The number of anilines is 1. The van der Waals surface area contributed by atoms with Crippen LogP contribution in [-0.2, 0) is 9.53 Å². The van der Waals surface area contributed by atoms with Gasteiger partial charge in [-0.25, -0.2) is 4.39 Å². The van der Waals surface area contributed by atoms with Crippen molar-refractivity contribution in [1.82, 2.24) is 0 Å². The molecule has 0 spiro atoms. The molecule has 1 saturated heterocycles. The highest BCUT2D eigenvalue weighted by Gasteiger charge is 2.29. The molecule has 1 aliphatic rings. The van der Waals surface area contributed by atoms with Crippen molar-refractivity contribution in [2.24, 2.45) is 5.73 Å². The highest BCUT2D eigenvalue weighted by Crippen LogP contribution is 2.23. The number of halogens is 2. The Labute approximate surface area is 129 Å². The molecule has 1 aromatic carbocycles. The number of rotatable bonds is 5. The number of benzene rings is 1. The molecule has 1 aromatic rings. The van der Waals surface area contributed by atoms with Gasteiger partial charge in [0.2, 0.25) is 0 Å². The summed E-state index contributed by atoms with van der Waals surface area (Å²) in [7, 11) is 0. The third-order valence-electron chi connectivity index (χ3n) is 3.16. The maximum Gasteiger partial charge on any atom is 0.253 e. The fourth-order valence-electron chi connectivity index (χ4n) is 2.15. The second kappa shape index (κ2) is 8.17. The van der Waals surface area contributed by atoms with E-state index in [1.54, 1.807) is 13.0 Å². The minimum Gasteiger partial charge on any atom is -0.491 e. The van der Waals surface area contributed by atoms with Crippen molar-refractivity contribution in [3.8, 4) is 5.75 Å². The second-order valence-electron chi connectivity index (χ2n) is 4.63. The van der Waals surface area contributed by atoms with Gasteiger partial charge in [-0.05, 0) is 31.9 Å². The molecule has 0 aromatic heterocycles. The Kier molecular flexibility index (Phi) is 6.87. The Morgan fingerprint density at radius 3 is 2.86 bits per heavy atom. The topological polar surface area (TPSA) is 73.6 Å². The van der Waals surface area contributed by atoms with Gasteiger partial charge in [0.15, 0.2) is 11.6 Å². The average Bonchev–Trinajstić information content (AvgIpc) is 2.91. The molecule has 2 atom stereocenters. The molecule has 118 valence electrons. The zero-order valence-corrected chi connectivity index (χ0v) is 12.6. The molecule has 3 N–H and O–H groups in total. The Hall–Kier alpha value is -1.37. The van der Waals surface area contributed by atoms with E-state index >= 15 is 0 Å². The molecule has 2 rings (SSSR count). The number of nitrogens with one attached hydrogen (secondary N) is 1. The van der Waals surface area contributed by atoms with Crippen molar-refractivity contribution in [3.05, 3.63) is 24.0 Å². The molecular weight excluding hydrogens is 299 g/mol. The lowest BCUT2D eigenvalue weighted by atomic mass is 10.2. The molecule has 21 heavy (non-hydrogen) atoms. The smallest absolute Gasteiger partial charge is 0.253 e. The first-order valence-corrected chi connectivity index (χ1v) is 6.72. The lowest BCUT2D eigenvalue weighted by Gasteiger charge is -2.13. The molecule has 1 heterocycles. The number of carbonyl (C=O) groups excluding carboxylic acids is 1. The van der Waals surface area contributed by atoms with Crippen LogP contribution in [0, 0.1) is 5.82 Å². The molecule has 0 saturated carbocycles. The maximum absolute atomic E-state index is 13.7. The van der Waals surface area contributed by atoms with Crippen LogP contribution >= 0.6 is 12.4 Å². The Morgan fingerprint density at radius 2 is 2.29 bits per heavy atom. The summed E-state index contributed by atoms with van der Waals surface area (Å²) in [4.78, 5) is 12.0. The zero-order chi connectivity index (χ0) is 14.5. The lowest BCUT2D eigenvalue weighted by molar-refractivity contribution is -0.126. The molecule has 5 nitrogen and oxygen atoms in total. The molecule has 1 amide bonds. The highest BCUT2D eigenvalue weighted by atomic mass is 35.5. The van der Waals surface area contributed by atoms with E-state index in [-0.39, 0.29) is 30.2 Å². The van der Waals surface area contributed by atoms with Crippen molar-refractivity contribution in [3.63, 3.8) is 0 Å². The molecule has 1 fully saturated rings. The van der Waals surface area contributed by atoms with Gasteiger partial charge < -0.3 is 20.5 Å². The van der Waals surface area contributed by atoms with Crippen molar-refractivity contribution in [2.45, 2.75) is 32.0 Å². The number of hydrogen-bond acceptors (Lipinski definition) is 4. The van der Waals surface area contributed by atoms with Crippen molar-refractivity contribution in [2.75, 3.05) is 18.5 Å². The van der Waals surface area contributed by atoms with Crippen LogP contribution in [0.1, 0.15) is 19.8 Å². The summed E-state index contributed by atoms with van der Waals surface area (Å²) in [6, 6.07) is 4.33. The number of amides is 1. The molecular formula is C14H20ClFN2O3. The summed E-state index contributed by atoms with van der Waals surface area (Å²) < 4.78 is 24.2. The van der Waals surface area contributed by atoms with E-state index in [1.165, 1.54) is 12.1 Å². The van der Waals surface area contributed by atoms with Crippen LogP contribution in [0.25, 0.3) is 0 Å². The molecule has 7 heteroatoms. The van der Waals surface area contributed by atoms with E-state index in [0.717, 1.165) is 6.42 Å². The predicted molar refractivity (Wildman–Crippen MR) is 80.4 cm³/mol. The van der Waals surface area contributed by atoms with Gasteiger partial charge in [-0.1, -0.05) is 0 Å². The third-order valence-corrected chi connectivity index (χ3v) is 3.16. The van der Waals surface area contributed by atoms with Gasteiger partial charge in [-0.15, -0.1) is 12.4 Å². The second-order valence-corrected chi connectivity index (χ2v) is 4.63. The first kappa shape index (κ1) is 17.7. The van der Waals surface area contributed by atoms with Gasteiger partial charge in [-0.3, -0.25) is 4.79 Å². The highest BCUT2D eigenvalue weighted by molar-refractivity contribution is 5.94. The van der Waals surface area contributed by atoms with Crippen molar-refractivity contribution < 1.29 is 18.7 Å². The monoisotopic (exact) mass is 318 g/mol. The Morgan fingerprint density at radius 1 is 1.52 bits per heavy atom. The summed E-state index contributed by atoms with van der Waals surface area (Å²) in [5, 5.41) is 2.64. The van der Waals surface area contributed by atoms with Gasteiger partial charge in [-0.2, -0.15) is 0 Å². The zero-order valence-electron chi connectivity index (χ0n) is 11.8. The van der Waals surface area contributed by atoms with Crippen LogP contribution in [-0.4, -0.2) is 31.3 Å². The minimum absolute atomic E-state index is 0. The summed E-state index contributed by atoms with van der Waals surface area (Å²) in [5.74, 6) is -0.604. The Bertz CT molecular complexity index is 487. The first-order chi connectivity index (χ1) is 9.63. The van der Waals surface area contributed by atoms with Gasteiger partial charge in [0, 0.05) is 18.3 Å². The number of hydrogen-bond donors (Lipinski definition) is 2. The van der Waals surface area contributed by atoms with Crippen LogP contribution in [0.4, 0.5) is 10.1 Å². The number of ether oxygens (including phenoxy) is 2. The predicted octanol–water partition coefficient (Wildman–Crippen LogP) is 2.09. The number of carbonyl (C=O) groups is 1. The summed E-state index contributed by atoms with van der Waals surface area (Å²) in [5.41, 5.74) is 5.88. The van der Waals surface area contributed by atoms with Gasteiger partial charge in [0.25, 0.3) is 5.91 Å². The third kappa shape index (κ3) is 4.56. The molecule has 0 bridgehead atoms. The molecule has 0 radical (unpaired) electrons. The van der Waals surface area contributed by atoms with Crippen LogP contribution in [0.15, 0.2) is 18.2 Å². The SMILES string of the molecule is CCOc1ccc(NC(=O)[C@@H]2CC[C@H](CN)O2)cc1F.Cl. The normalized spacial score (nSPS) is 20.7. The van der Waals surface area contributed by atoms with Crippen molar-refractivity contribution >= 4 is 24.0 Å². The van der Waals surface area contributed by atoms with Crippen molar-refractivity contribution in [1.29, 1.82) is 0 Å². The molecule has 0 aliphatic carbocycles. The summed E-state index contributed by atoms with van der Waals surface area (Å²) in [6.45, 7) is 2.57. The fourth-order valence-corrected chi connectivity index (χ4v) is 2.15. The minimum atomic E-state index is -0.516. The Balaban J connectivity index is 0.00000220. The number of nitrogens with two attached hydrogens (primary N) is 1.